The largest absolute Gasteiger partial charge is 0.492 e. The predicted molar refractivity (Wildman–Crippen MR) is 179 cm³/mol. The highest BCUT2D eigenvalue weighted by Gasteiger charge is 2.27. The zero-order valence-electron chi connectivity index (χ0n) is 27.8. The van der Waals surface area contributed by atoms with E-state index in [1.807, 2.05) is 6.07 Å². The average molecular weight is 651 g/mol. The quantitative estimate of drug-likeness (QED) is 0.191. The van der Waals surface area contributed by atoms with Gasteiger partial charge in [0.15, 0.2) is 0 Å². The molecule has 256 valence electrons. The van der Waals surface area contributed by atoms with E-state index in [0.29, 0.717) is 42.6 Å². The molecule has 0 saturated heterocycles. The van der Waals surface area contributed by atoms with Crippen LogP contribution in [0.15, 0.2) is 36.4 Å². The number of hydrogen-bond acceptors (Lipinski definition) is 8. The number of nitrogens with one attached hydrogen (secondary N) is 1. The highest BCUT2D eigenvalue weighted by atomic mass is 16.5. The van der Waals surface area contributed by atoms with E-state index < -0.39 is 17.9 Å². The van der Waals surface area contributed by atoms with Crippen molar-refractivity contribution in [2.75, 3.05) is 37.9 Å². The molecule has 2 aliphatic carbocycles. The Morgan fingerprint density at radius 2 is 1.68 bits per heavy atom. The van der Waals surface area contributed by atoms with Crippen LogP contribution < -0.4 is 26.4 Å². The molecule has 0 heterocycles. The lowest BCUT2D eigenvalue weighted by molar-refractivity contribution is -0.142. The number of hydrogen-bond donors (Lipinski definition) is 3. The van der Waals surface area contributed by atoms with Crippen molar-refractivity contribution in [3.63, 3.8) is 0 Å². The van der Waals surface area contributed by atoms with Gasteiger partial charge in [-0.2, -0.15) is 0 Å². The Balaban J connectivity index is 1.43. The van der Waals surface area contributed by atoms with Crippen LogP contribution in [0.5, 0.6) is 5.75 Å². The number of fused-ring (bicyclic) bond motifs is 1. The minimum Gasteiger partial charge on any atom is -0.492 e. The molecule has 11 nitrogen and oxygen atoms in total. The molecule has 2 aromatic carbocycles. The molecular formula is C36H50N4O7. The third kappa shape index (κ3) is 10.3. The lowest BCUT2D eigenvalue weighted by atomic mass is 9.90. The minimum atomic E-state index is -0.837. The maximum absolute atomic E-state index is 13.4. The van der Waals surface area contributed by atoms with E-state index in [0.717, 1.165) is 48.8 Å². The number of esters is 1. The molecule has 1 fully saturated rings. The van der Waals surface area contributed by atoms with E-state index in [-0.39, 0.29) is 44.0 Å². The van der Waals surface area contributed by atoms with E-state index in [4.69, 9.17) is 25.7 Å². The second kappa shape index (κ2) is 17.8. The van der Waals surface area contributed by atoms with Crippen LogP contribution in [-0.2, 0) is 36.7 Å². The Labute approximate surface area is 277 Å². The molecular weight excluding hydrogens is 600 g/mol. The fraction of sp³-hybridized carbons (Fsp3) is 0.556. The molecule has 1 saturated carbocycles. The number of anilines is 1. The van der Waals surface area contributed by atoms with Gasteiger partial charge in [-0.3, -0.25) is 24.1 Å². The van der Waals surface area contributed by atoms with Gasteiger partial charge in [-0.05, 0) is 99.2 Å². The number of amides is 3. The molecule has 0 aliphatic heterocycles. The van der Waals surface area contributed by atoms with Gasteiger partial charge in [0.1, 0.15) is 18.9 Å². The van der Waals surface area contributed by atoms with Crippen molar-refractivity contribution in [1.82, 2.24) is 5.32 Å². The number of aryl methyl sites for hydroxylation is 1. The van der Waals surface area contributed by atoms with Crippen LogP contribution in [0, 0.1) is 5.92 Å². The molecule has 0 radical (unpaired) electrons. The van der Waals surface area contributed by atoms with Crippen molar-refractivity contribution in [2.24, 2.45) is 17.4 Å². The third-order valence-electron chi connectivity index (χ3n) is 8.95. The summed E-state index contributed by atoms with van der Waals surface area (Å²) in [5, 5.41) is 3.13. The predicted octanol–water partition coefficient (Wildman–Crippen LogP) is 4.13. The normalized spacial score (nSPS) is 17.1. The number of nitrogens with zero attached hydrogens (tertiary/aromatic N) is 1. The van der Waals surface area contributed by atoms with E-state index in [9.17, 15) is 19.2 Å². The molecule has 0 aromatic heterocycles. The summed E-state index contributed by atoms with van der Waals surface area (Å²) in [5.74, 6) is -0.739. The summed E-state index contributed by atoms with van der Waals surface area (Å²) in [5.41, 5.74) is 15.8. The lowest BCUT2D eigenvalue weighted by Gasteiger charge is -2.25. The van der Waals surface area contributed by atoms with Gasteiger partial charge in [-0.15, -0.1) is 0 Å². The smallest absolute Gasteiger partial charge is 0.326 e. The summed E-state index contributed by atoms with van der Waals surface area (Å²) in [4.78, 5) is 52.1. The third-order valence-corrected chi connectivity index (χ3v) is 8.95. The summed E-state index contributed by atoms with van der Waals surface area (Å²) < 4.78 is 16.5. The monoisotopic (exact) mass is 650 g/mol. The molecule has 0 spiro atoms. The summed E-state index contributed by atoms with van der Waals surface area (Å²) in [6, 6.07) is 9.57. The Hall–Kier alpha value is -3.96. The van der Waals surface area contributed by atoms with Crippen LogP contribution >= 0.6 is 0 Å². The van der Waals surface area contributed by atoms with Crippen molar-refractivity contribution in [3.8, 4) is 5.75 Å². The summed E-state index contributed by atoms with van der Waals surface area (Å²) in [7, 11) is 0. The number of ether oxygens (including phenoxy) is 3. The van der Waals surface area contributed by atoms with Gasteiger partial charge in [-0.25, -0.2) is 0 Å². The van der Waals surface area contributed by atoms with Gasteiger partial charge in [0, 0.05) is 12.3 Å². The standard InChI is InChI=1S/C36H50N4O7/c1-3-45-23-33(41)40(21-34(42)46-4-2)27-16-14-24(15-17-27)18-30(37)36(44)39-31-13-9-8-12-26-19-32(29(35(38)43)20-28(26)31)47-22-25-10-6-5-7-11-25/h14-17,19-20,25,30-31H,3-13,18,21-23,37H2,1-2H3,(H2,38,43)(H,39,44)/t30-,31-/m0/s1. The van der Waals surface area contributed by atoms with E-state index in [1.54, 1.807) is 44.2 Å². The zero-order chi connectivity index (χ0) is 33.8. The van der Waals surface area contributed by atoms with Crippen LogP contribution in [0.4, 0.5) is 5.69 Å². The number of primary amides is 1. The van der Waals surface area contributed by atoms with Crippen LogP contribution in [-0.4, -0.2) is 62.7 Å². The molecule has 0 unspecified atom stereocenters. The topological polar surface area (TPSA) is 163 Å². The first-order valence-electron chi connectivity index (χ1n) is 17.0. The summed E-state index contributed by atoms with van der Waals surface area (Å²) in [6.45, 7) is 4.23. The Bertz CT molecular complexity index is 1370. The van der Waals surface area contributed by atoms with E-state index in [1.165, 1.54) is 24.2 Å². The first-order valence-corrected chi connectivity index (χ1v) is 17.0. The van der Waals surface area contributed by atoms with Crippen LogP contribution in [0.1, 0.15) is 98.3 Å². The van der Waals surface area contributed by atoms with E-state index >= 15 is 0 Å². The Morgan fingerprint density at radius 1 is 0.957 bits per heavy atom. The number of carbonyl (C=O) groups excluding carboxylic acids is 4. The van der Waals surface area contributed by atoms with Gasteiger partial charge in [0.25, 0.3) is 11.8 Å². The van der Waals surface area contributed by atoms with Gasteiger partial charge in [-0.1, -0.05) is 37.8 Å². The van der Waals surface area contributed by atoms with Crippen molar-refractivity contribution >= 4 is 29.4 Å². The first-order chi connectivity index (χ1) is 22.7. The molecule has 2 aromatic rings. The summed E-state index contributed by atoms with van der Waals surface area (Å²) >= 11 is 0. The van der Waals surface area contributed by atoms with Gasteiger partial charge in [0.2, 0.25) is 5.91 Å². The molecule has 2 aliphatic rings. The number of nitrogens with two attached hydrogens (primary N) is 2. The molecule has 2 atom stereocenters. The van der Waals surface area contributed by atoms with Crippen molar-refractivity contribution in [3.05, 3.63) is 58.7 Å². The molecule has 4 rings (SSSR count). The molecule has 5 N–H and O–H groups in total. The first kappa shape index (κ1) is 35.9. The second-order valence-corrected chi connectivity index (χ2v) is 12.4. The number of carbonyl (C=O) groups is 4. The van der Waals surface area contributed by atoms with E-state index in [2.05, 4.69) is 5.32 Å². The SMILES string of the molecule is CCOCC(=O)N(CC(=O)OCC)c1ccc(C[C@H](N)C(=O)N[C@H]2CCCCc3cc(OCC4CCCCC4)c(C(N)=O)cc32)cc1. The van der Waals surface area contributed by atoms with Gasteiger partial charge >= 0.3 is 5.97 Å². The van der Waals surface area contributed by atoms with Gasteiger partial charge in [0.05, 0.1) is 30.9 Å². The zero-order valence-corrected chi connectivity index (χ0v) is 27.8. The molecule has 11 heteroatoms. The molecule has 47 heavy (non-hydrogen) atoms. The van der Waals surface area contributed by atoms with Crippen LogP contribution in [0.3, 0.4) is 0 Å². The fourth-order valence-corrected chi connectivity index (χ4v) is 6.39. The maximum atomic E-state index is 13.4. The second-order valence-electron chi connectivity index (χ2n) is 12.4. The van der Waals surface area contributed by atoms with Crippen molar-refractivity contribution in [1.29, 1.82) is 0 Å². The molecule has 0 bridgehead atoms. The summed E-state index contributed by atoms with van der Waals surface area (Å²) in [6.07, 6.45) is 9.61. The van der Waals surface area contributed by atoms with Crippen molar-refractivity contribution in [2.45, 2.75) is 90.1 Å². The van der Waals surface area contributed by atoms with Crippen LogP contribution in [0.2, 0.25) is 0 Å². The maximum Gasteiger partial charge on any atom is 0.326 e. The van der Waals surface area contributed by atoms with Gasteiger partial charge < -0.3 is 31.0 Å². The van der Waals surface area contributed by atoms with Crippen LogP contribution in [0.25, 0.3) is 0 Å². The minimum absolute atomic E-state index is 0.164. The molecule has 3 amide bonds. The highest BCUT2D eigenvalue weighted by molar-refractivity contribution is 5.98. The fourth-order valence-electron chi connectivity index (χ4n) is 6.39. The lowest BCUT2D eigenvalue weighted by Crippen LogP contribution is -2.43. The average Bonchev–Trinajstić information content (AvgIpc) is 3.26. The number of benzene rings is 2. The number of rotatable bonds is 15. The Morgan fingerprint density at radius 3 is 2.36 bits per heavy atom. The highest BCUT2D eigenvalue weighted by Crippen LogP contribution is 2.35. The van der Waals surface area contributed by atoms with Crippen molar-refractivity contribution < 1.29 is 33.4 Å². The Kier molecular flexibility index (Phi) is 13.6.